The zero-order valence-electron chi connectivity index (χ0n) is 12.4. The first-order valence-electron chi connectivity index (χ1n) is 7.05. The van der Waals surface area contributed by atoms with Gasteiger partial charge in [-0.2, -0.15) is 0 Å². The van der Waals surface area contributed by atoms with Crippen molar-refractivity contribution < 1.29 is 13.6 Å². The summed E-state index contributed by atoms with van der Waals surface area (Å²) < 4.78 is 18.5. The van der Waals surface area contributed by atoms with E-state index in [0.717, 1.165) is 11.1 Å². The van der Waals surface area contributed by atoms with Gasteiger partial charge in [0.2, 0.25) is 5.89 Å². The van der Waals surface area contributed by atoms with Crippen LogP contribution in [0.5, 0.6) is 0 Å². The summed E-state index contributed by atoms with van der Waals surface area (Å²) in [4.78, 5) is 12.1. The Morgan fingerprint density at radius 1 is 1.17 bits per heavy atom. The van der Waals surface area contributed by atoms with E-state index in [1.54, 1.807) is 6.07 Å². The van der Waals surface area contributed by atoms with Crippen molar-refractivity contribution in [3.8, 4) is 11.5 Å². The number of rotatable bonds is 4. The molecule has 0 bridgehead atoms. The van der Waals surface area contributed by atoms with E-state index in [4.69, 9.17) is 4.42 Å². The number of amides is 1. The van der Waals surface area contributed by atoms with E-state index in [1.165, 1.54) is 18.2 Å². The highest BCUT2D eigenvalue weighted by Crippen LogP contribution is 2.18. The fraction of sp³-hybridized carbons (Fsp3) is 0.118. The normalized spacial score (nSPS) is 10.5. The van der Waals surface area contributed by atoms with Gasteiger partial charge in [0, 0.05) is 12.1 Å². The third kappa shape index (κ3) is 3.42. The molecular formula is C17H14FN3O2. The second kappa shape index (κ2) is 6.39. The van der Waals surface area contributed by atoms with Crippen LogP contribution in [0.1, 0.15) is 21.8 Å². The molecule has 5 nitrogen and oxygen atoms in total. The molecule has 0 spiro atoms. The Balaban J connectivity index is 1.70. The summed E-state index contributed by atoms with van der Waals surface area (Å²) in [5, 5.41) is 10.2. The Morgan fingerprint density at radius 2 is 2.00 bits per heavy atom. The van der Waals surface area contributed by atoms with Gasteiger partial charge in [-0.1, -0.05) is 30.3 Å². The van der Waals surface area contributed by atoms with Crippen LogP contribution in [-0.2, 0) is 6.54 Å². The standard InChI is InChI=1S/C17H14FN3O2/c1-11-5-2-3-6-13(11)10-19-15(22)17-21-20-16(23-17)12-7-4-8-14(18)9-12/h2-9H,10H2,1H3,(H,19,22). The van der Waals surface area contributed by atoms with Crippen LogP contribution >= 0.6 is 0 Å². The summed E-state index contributed by atoms with van der Waals surface area (Å²) in [5.74, 6) is -0.932. The maximum Gasteiger partial charge on any atom is 0.309 e. The Bertz CT molecular complexity index is 845. The van der Waals surface area contributed by atoms with Gasteiger partial charge < -0.3 is 9.73 Å². The number of hydrogen-bond acceptors (Lipinski definition) is 4. The van der Waals surface area contributed by atoms with Gasteiger partial charge in [-0.05, 0) is 36.2 Å². The second-order valence-electron chi connectivity index (χ2n) is 5.03. The van der Waals surface area contributed by atoms with Gasteiger partial charge in [0.15, 0.2) is 0 Å². The third-order valence-corrected chi connectivity index (χ3v) is 3.39. The average Bonchev–Trinajstić information content (AvgIpc) is 3.04. The van der Waals surface area contributed by atoms with Crippen LogP contribution < -0.4 is 5.32 Å². The molecule has 0 saturated heterocycles. The lowest BCUT2D eigenvalue weighted by Crippen LogP contribution is -2.23. The first-order chi connectivity index (χ1) is 11.1. The molecule has 0 saturated carbocycles. The molecule has 1 heterocycles. The van der Waals surface area contributed by atoms with Gasteiger partial charge in [-0.3, -0.25) is 4.79 Å². The lowest BCUT2D eigenvalue weighted by atomic mass is 10.1. The number of carbonyl (C=O) groups excluding carboxylic acids is 1. The van der Waals surface area contributed by atoms with E-state index in [2.05, 4.69) is 15.5 Å². The van der Waals surface area contributed by atoms with Gasteiger partial charge in [-0.15, -0.1) is 10.2 Å². The molecule has 6 heteroatoms. The van der Waals surface area contributed by atoms with Crippen LogP contribution in [0.2, 0.25) is 0 Å². The number of carbonyl (C=O) groups is 1. The van der Waals surface area contributed by atoms with Gasteiger partial charge >= 0.3 is 11.8 Å². The Morgan fingerprint density at radius 3 is 2.78 bits per heavy atom. The van der Waals surface area contributed by atoms with Gasteiger partial charge in [-0.25, -0.2) is 4.39 Å². The van der Waals surface area contributed by atoms with E-state index < -0.39 is 11.7 Å². The number of nitrogens with zero attached hydrogens (tertiary/aromatic N) is 2. The minimum Gasteiger partial charge on any atom is -0.412 e. The van der Waals surface area contributed by atoms with Crippen LogP contribution in [0.4, 0.5) is 4.39 Å². The van der Waals surface area contributed by atoms with Gasteiger partial charge in [0.1, 0.15) is 5.82 Å². The zero-order chi connectivity index (χ0) is 16.2. The van der Waals surface area contributed by atoms with E-state index in [-0.39, 0.29) is 11.8 Å². The van der Waals surface area contributed by atoms with Gasteiger partial charge in [0.05, 0.1) is 0 Å². The highest BCUT2D eigenvalue weighted by atomic mass is 19.1. The number of halogens is 1. The Labute approximate surface area is 132 Å². The maximum atomic E-state index is 13.2. The molecule has 2 aromatic carbocycles. The minimum atomic E-state index is -0.469. The van der Waals surface area contributed by atoms with Crippen molar-refractivity contribution in [2.45, 2.75) is 13.5 Å². The predicted octanol–water partition coefficient (Wildman–Crippen LogP) is 3.11. The number of aromatic nitrogens is 2. The highest BCUT2D eigenvalue weighted by Gasteiger charge is 2.16. The van der Waals surface area contributed by atoms with Gasteiger partial charge in [0.25, 0.3) is 0 Å². The van der Waals surface area contributed by atoms with Crippen LogP contribution in [0.15, 0.2) is 52.9 Å². The molecule has 1 N–H and O–H groups in total. The van der Waals surface area contributed by atoms with Crippen LogP contribution in [0, 0.1) is 12.7 Å². The van der Waals surface area contributed by atoms with Crippen molar-refractivity contribution in [1.29, 1.82) is 0 Å². The number of aryl methyl sites for hydroxylation is 1. The Kier molecular flexibility index (Phi) is 4.14. The van der Waals surface area contributed by atoms with Crippen LogP contribution in [-0.4, -0.2) is 16.1 Å². The highest BCUT2D eigenvalue weighted by molar-refractivity contribution is 5.89. The maximum absolute atomic E-state index is 13.2. The summed E-state index contributed by atoms with van der Waals surface area (Å²) in [7, 11) is 0. The third-order valence-electron chi connectivity index (χ3n) is 3.39. The van der Waals surface area contributed by atoms with Crippen molar-refractivity contribution in [3.05, 3.63) is 71.4 Å². The largest absolute Gasteiger partial charge is 0.412 e. The molecule has 0 radical (unpaired) electrons. The van der Waals surface area contributed by atoms with Crippen molar-refractivity contribution in [3.63, 3.8) is 0 Å². The van der Waals surface area contributed by atoms with Crippen molar-refractivity contribution in [1.82, 2.24) is 15.5 Å². The van der Waals surface area contributed by atoms with E-state index in [0.29, 0.717) is 12.1 Å². The molecule has 23 heavy (non-hydrogen) atoms. The number of hydrogen-bond donors (Lipinski definition) is 1. The predicted molar refractivity (Wildman–Crippen MR) is 82.0 cm³/mol. The topological polar surface area (TPSA) is 68.0 Å². The summed E-state index contributed by atoms with van der Waals surface area (Å²) >= 11 is 0. The smallest absolute Gasteiger partial charge is 0.309 e. The second-order valence-corrected chi connectivity index (χ2v) is 5.03. The molecule has 1 aromatic heterocycles. The number of benzene rings is 2. The summed E-state index contributed by atoms with van der Waals surface area (Å²) in [6.07, 6.45) is 0. The van der Waals surface area contributed by atoms with Crippen molar-refractivity contribution in [2.75, 3.05) is 0 Å². The van der Waals surface area contributed by atoms with E-state index in [9.17, 15) is 9.18 Å². The first kappa shape index (κ1) is 14.9. The quantitative estimate of drug-likeness (QED) is 0.804. The summed E-state index contributed by atoms with van der Waals surface area (Å²) in [5.41, 5.74) is 2.51. The zero-order valence-corrected chi connectivity index (χ0v) is 12.4. The fourth-order valence-corrected chi connectivity index (χ4v) is 2.11. The molecular weight excluding hydrogens is 297 g/mol. The van der Waals surface area contributed by atoms with E-state index in [1.807, 2.05) is 31.2 Å². The minimum absolute atomic E-state index is 0.102. The van der Waals surface area contributed by atoms with Crippen molar-refractivity contribution >= 4 is 5.91 Å². The molecule has 0 aliphatic heterocycles. The molecule has 3 aromatic rings. The lowest BCUT2D eigenvalue weighted by Gasteiger charge is -2.05. The SMILES string of the molecule is Cc1ccccc1CNC(=O)c1nnc(-c2cccc(F)c2)o1. The monoisotopic (exact) mass is 311 g/mol. The molecule has 0 unspecified atom stereocenters. The number of nitrogens with one attached hydrogen (secondary N) is 1. The molecule has 116 valence electrons. The fourth-order valence-electron chi connectivity index (χ4n) is 2.11. The lowest BCUT2D eigenvalue weighted by molar-refractivity contribution is 0.0917. The molecule has 0 aliphatic rings. The average molecular weight is 311 g/mol. The van der Waals surface area contributed by atoms with E-state index >= 15 is 0 Å². The first-order valence-corrected chi connectivity index (χ1v) is 7.05. The molecule has 0 atom stereocenters. The molecule has 1 amide bonds. The van der Waals surface area contributed by atoms with Crippen molar-refractivity contribution in [2.24, 2.45) is 0 Å². The molecule has 0 aliphatic carbocycles. The Hall–Kier alpha value is -3.02. The summed E-state index contributed by atoms with van der Waals surface area (Å²) in [6, 6.07) is 13.5. The molecule has 3 rings (SSSR count). The molecule has 0 fully saturated rings. The van der Waals surface area contributed by atoms with Crippen LogP contribution in [0.25, 0.3) is 11.5 Å². The van der Waals surface area contributed by atoms with Crippen LogP contribution in [0.3, 0.4) is 0 Å². The summed E-state index contributed by atoms with van der Waals surface area (Å²) in [6.45, 7) is 2.33.